The van der Waals surface area contributed by atoms with Crippen molar-refractivity contribution in [2.24, 2.45) is 5.73 Å². The lowest BCUT2D eigenvalue weighted by molar-refractivity contribution is -0.119. The minimum absolute atomic E-state index is 0.143. The number of ether oxygens (including phenoxy) is 2. The van der Waals surface area contributed by atoms with Crippen LogP contribution in [0, 0.1) is 0 Å². The molecule has 1 amide bonds. The predicted octanol–water partition coefficient (Wildman–Crippen LogP) is 4.24. The van der Waals surface area contributed by atoms with Gasteiger partial charge in [0, 0.05) is 5.56 Å². The molecule has 0 heterocycles. The van der Waals surface area contributed by atoms with Gasteiger partial charge in [-0.25, -0.2) is 0 Å². The average molecular weight is 373 g/mol. The summed E-state index contributed by atoms with van der Waals surface area (Å²) in [6.45, 7) is -0.200. The van der Waals surface area contributed by atoms with Gasteiger partial charge < -0.3 is 15.2 Å². The number of benzene rings is 3. The fourth-order valence-electron chi connectivity index (χ4n) is 2.44. The molecule has 5 nitrogen and oxygen atoms in total. The summed E-state index contributed by atoms with van der Waals surface area (Å²) >= 11 is 0. The standard InChI is InChI=1S/C23H19NO4/c24-23(26)16-27-19-12-10-18(11-13-19)22(25)14-9-17-5-4-8-21(15-17)28-20-6-2-1-3-7-20/h1-15H,16H2,(H2,24,26)/b14-9+. The lowest BCUT2D eigenvalue weighted by Gasteiger charge is -2.06. The molecule has 28 heavy (non-hydrogen) atoms. The predicted molar refractivity (Wildman–Crippen MR) is 107 cm³/mol. The van der Waals surface area contributed by atoms with Crippen LogP contribution in [0.5, 0.6) is 17.2 Å². The van der Waals surface area contributed by atoms with E-state index in [0.717, 1.165) is 11.3 Å². The molecular weight excluding hydrogens is 354 g/mol. The molecule has 0 unspecified atom stereocenters. The lowest BCUT2D eigenvalue weighted by Crippen LogP contribution is -2.19. The Hall–Kier alpha value is -3.86. The normalized spacial score (nSPS) is 10.6. The smallest absolute Gasteiger partial charge is 0.255 e. The van der Waals surface area contributed by atoms with Crippen LogP contribution in [0.3, 0.4) is 0 Å². The zero-order valence-electron chi connectivity index (χ0n) is 15.1. The Labute approximate surface area is 163 Å². The van der Waals surface area contributed by atoms with Gasteiger partial charge in [-0.15, -0.1) is 0 Å². The number of allylic oxidation sites excluding steroid dienone is 1. The highest BCUT2D eigenvalue weighted by Gasteiger charge is 2.04. The minimum Gasteiger partial charge on any atom is -0.484 e. The van der Waals surface area contributed by atoms with E-state index in [1.165, 1.54) is 6.08 Å². The quantitative estimate of drug-likeness (QED) is 0.473. The molecule has 140 valence electrons. The number of hydrogen-bond donors (Lipinski definition) is 1. The average Bonchev–Trinajstić information content (AvgIpc) is 2.72. The van der Waals surface area contributed by atoms with Gasteiger partial charge in [0.15, 0.2) is 12.4 Å². The number of ketones is 1. The highest BCUT2D eigenvalue weighted by molar-refractivity contribution is 6.06. The third-order valence-electron chi connectivity index (χ3n) is 3.78. The van der Waals surface area contributed by atoms with Crippen LogP contribution >= 0.6 is 0 Å². The van der Waals surface area contributed by atoms with Gasteiger partial charge in [0.05, 0.1) is 0 Å². The molecule has 3 rings (SSSR count). The summed E-state index contributed by atoms with van der Waals surface area (Å²) in [4.78, 5) is 23.1. The van der Waals surface area contributed by atoms with Crippen molar-refractivity contribution >= 4 is 17.8 Å². The van der Waals surface area contributed by atoms with Gasteiger partial charge in [-0.2, -0.15) is 0 Å². The Morgan fingerprint density at radius 3 is 2.25 bits per heavy atom. The highest BCUT2D eigenvalue weighted by atomic mass is 16.5. The number of nitrogens with two attached hydrogens (primary N) is 1. The van der Waals surface area contributed by atoms with Crippen molar-refractivity contribution in [2.45, 2.75) is 0 Å². The number of carbonyl (C=O) groups is 2. The number of rotatable bonds is 8. The number of primary amides is 1. The van der Waals surface area contributed by atoms with Crippen molar-refractivity contribution in [3.63, 3.8) is 0 Å². The van der Waals surface area contributed by atoms with Crippen molar-refractivity contribution in [1.82, 2.24) is 0 Å². The summed E-state index contributed by atoms with van der Waals surface area (Å²) in [5.41, 5.74) is 6.39. The molecule has 0 atom stereocenters. The number of para-hydroxylation sites is 1. The molecule has 0 aliphatic carbocycles. The Balaban J connectivity index is 1.63. The largest absolute Gasteiger partial charge is 0.484 e. The second kappa shape index (κ2) is 9.19. The van der Waals surface area contributed by atoms with Crippen LogP contribution in [0.25, 0.3) is 6.08 Å². The molecule has 3 aromatic carbocycles. The molecule has 0 bridgehead atoms. The fourth-order valence-corrected chi connectivity index (χ4v) is 2.44. The number of amides is 1. The van der Waals surface area contributed by atoms with Crippen LogP contribution in [-0.2, 0) is 4.79 Å². The zero-order chi connectivity index (χ0) is 19.8. The first-order valence-corrected chi connectivity index (χ1v) is 8.67. The Morgan fingerprint density at radius 2 is 1.54 bits per heavy atom. The monoisotopic (exact) mass is 373 g/mol. The van der Waals surface area contributed by atoms with E-state index < -0.39 is 5.91 Å². The van der Waals surface area contributed by atoms with Crippen LogP contribution in [0.4, 0.5) is 0 Å². The van der Waals surface area contributed by atoms with Crippen LogP contribution in [0.1, 0.15) is 15.9 Å². The molecule has 0 saturated carbocycles. The van der Waals surface area contributed by atoms with Gasteiger partial charge in [-0.05, 0) is 60.2 Å². The van der Waals surface area contributed by atoms with Crippen molar-refractivity contribution in [2.75, 3.05) is 6.61 Å². The molecule has 0 aliphatic rings. The summed E-state index contributed by atoms with van der Waals surface area (Å²) < 4.78 is 11.0. The van der Waals surface area contributed by atoms with Crippen molar-refractivity contribution in [1.29, 1.82) is 0 Å². The lowest BCUT2D eigenvalue weighted by atomic mass is 10.1. The molecule has 0 aromatic heterocycles. The van der Waals surface area contributed by atoms with Gasteiger partial charge in [0.2, 0.25) is 0 Å². The summed E-state index contributed by atoms with van der Waals surface area (Å²) in [5.74, 6) is 1.22. The van der Waals surface area contributed by atoms with E-state index in [1.807, 2.05) is 54.6 Å². The first kappa shape index (κ1) is 18.9. The van der Waals surface area contributed by atoms with E-state index in [4.69, 9.17) is 15.2 Å². The van der Waals surface area contributed by atoms with Crippen molar-refractivity contribution in [3.05, 3.63) is 96.1 Å². The van der Waals surface area contributed by atoms with Gasteiger partial charge in [0.1, 0.15) is 17.2 Å². The van der Waals surface area contributed by atoms with Crippen molar-refractivity contribution in [3.8, 4) is 17.2 Å². The van der Waals surface area contributed by atoms with E-state index >= 15 is 0 Å². The minimum atomic E-state index is -0.554. The second-order valence-electron chi connectivity index (χ2n) is 5.96. The zero-order valence-corrected chi connectivity index (χ0v) is 15.1. The summed E-state index contributed by atoms with van der Waals surface area (Å²) in [6.07, 6.45) is 3.23. The summed E-state index contributed by atoms with van der Waals surface area (Å²) in [6, 6.07) is 23.5. The molecule has 0 fully saturated rings. The van der Waals surface area contributed by atoms with Gasteiger partial charge in [0.25, 0.3) is 5.91 Å². The van der Waals surface area contributed by atoms with Crippen molar-refractivity contribution < 1.29 is 19.1 Å². The Morgan fingerprint density at radius 1 is 0.821 bits per heavy atom. The topological polar surface area (TPSA) is 78.6 Å². The molecule has 3 aromatic rings. The SMILES string of the molecule is NC(=O)COc1ccc(C(=O)/C=C/c2cccc(Oc3ccccc3)c2)cc1. The van der Waals surface area contributed by atoms with E-state index in [9.17, 15) is 9.59 Å². The first-order valence-electron chi connectivity index (χ1n) is 8.67. The molecule has 0 saturated heterocycles. The molecule has 2 N–H and O–H groups in total. The second-order valence-corrected chi connectivity index (χ2v) is 5.96. The Kier molecular flexibility index (Phi) is 6.21. The van der Waals surface area contributed by atoms with E-state index in [0.29, 0.717) is 17.1 Å². The van der Waals surface area contributed by atoms with Crippen LogP contribution in [0.2, 0.25) is 0 Å². The van der Waals surface area contributed by atoms with E-state index in [-0.39, 0.29) is 12.4 Å². The molecule has 0 aliphatic heterocycles. The maximum Gasteiger partial charge on any atom is 0.255 e. The first-order chi connectivity index (χ1) is 13.6. The molecular formula is C23H19NO4. The number of carbonyl (C=O) groups excluding carboxylic acids is 2. The maximum atomic E-state index is 12.3. The summed E-state index contributed by atoms with van der Waals surface area (Å²) in [7, 11) is 0. The van der Waals surface area contributed by atoms with Crippen LogP contribution in [-0.4, -0.2) is 18.3 Å². The third-order valence-corrected chi connectivity index (χ3v) is 3.78. The Bertz CT molecular complexity index is 979. The van der Waals surface area contributed by atoms with Gasteiger partial charge in [-0.1, -0.05) is 36.4 Å². The number of hydrogen-bond acceptors (Lipinski definition) is 4. The third kappa shape index (κ3) is 5.57. The van der Waals surface area contributed by atoms with E-state index in [2.05, 4.69) is 0 Å². The molecule has 0 spiro atoms. The van der Waals surface area contributed by atoms with Crippen LogP contribution in [0.15, 0.2) is 84.9 Å². The molecule has 5 heteroatoms. The highest BCUT2D eigenvalue weighted by Crippen LogP contribution is 2.22. The fraction of sp³-hybridized carbons (Fsp3) is 0.0435. The maximum absolute atomic E-state index is 12.3. The van der Waals surface area contributed by atoms with Gasteiger partial charge in [-0.3, -0.25) is 9.59 Å². The van der Waals surface area contributed by atoms with Gasteiger partial charge >= 0.3 is 0 Å². The summed E-state index contributed by atoms with van der Waals surface area (Å²) in [5, 5.41) is 0. The molecule has 0 radical (unpaired) electrons. The van der Waals surface area contributed by atoms with Crippen LogP contribution < -0.4 is 15.2 Å². The van der Waals surface area contributed by atoms with E-state index in [1.54, 1.807) is 30.3 Å².